The highest BCUT2D eigenvalue weighted by atomic mass is 32.2. The van der Waals surface area contributed by atoms with Gasteiger partial charge in [-0.25, -0.2) is 12.8 Å². The van der Waals surface area contributed by atoms with Gasteiger partial charge < -0.3 is 19.7 Å². The molecule has 0 aromatic heterocycles. The standard InChI is InChI=1S/C25H32FN3O6S/c1-17(2)27-25(31)18(3)28(15-19-8-5-6-9-21(19)26)24(30)10-7-13-29(36(4,32)33)20-11-12-22-23(14-20)35-16-34-22/h5-6,8-9,11-12,14,17-18H,7,10,13,15-16H2,1-4H3,(H,27,31). The molecule has 11 heteroatoms. The summed E-state index contributed by atoms with van der Waals surface area (Å²) in [7, 11) is -3.65. The summed E-state index contributed by atoms with van der Waals surface area (Å²) >= 11 is 0. The maximum Gasteiger partial charge on any atom is 0.242 e. The van der Waals surface area contributed by atoms with E-state index in [2.05, 4.69) is 5.32 Å². The summed E-state index contributed by atoms with van der Waals surface area (Å²) in [5.74, 6) is -0.243. The van der Waals surface area contributed by atoms with Crippen LogP contribution in [0.1, 0.15) is 39.2 Å². The number of nitrogens with one attached hydrogen (secondary N) is 1. The Morgan fingerprint density at radius 2 is 1.78 bits per heavy atom. The molecule has 1 aliphatic heterocycles. The molecule has 196 valence electrons. The first-order valence-corrected chi connectivity index (χ1v) is 13.5. The van der Waals surface area contributed by atoms with Crippen LogP contribution < -0.4 is 19.1 Å². The van der Waals surface area contributed by atoms with Crippen LogP contribution >= 0.6 is 0 Å². The van der Waals surface area contributed by atoms with E-state index in [0.29, 0.717) is 17.2 Å². The van der Waals surface area contributed by atoms with Crippen molar-refractivity contribution >= 4 is 27.5 Å². The summed E-state index contributed by atoms with van der Waals surface area (Å²) in [6, 6.07) is 9.92. The van der Waals surface area contributed by atoms with Crippen molar-refractivity contribution in [1.29, 1.82) is 0 Å². The quantitative estimate of drug-likeness (QED) is 0.487. The summed E-state index contributed by atoms with van der Waals surface area (Å²) in [6.07, 6.45) is 1.24. The van der Waals surface area contributed by atoms with Gasteiger partial charge in [0, 0.05) is 37.2 Å². The molecule has 0 aliphatic carbocycles. The maximum absolute atomic E-state index is 14.3. The molecule has 1 heterocycles. The summed E-state index contributed by atoms with van der Waals surface area (Å²) in [5.41, 5.74) is 0.676. The van der Waals surface area contributed by atoms with E-state index in [1.807, 2.05) is 13.8 Å². The Labute approximate surface area is 211 Å². The van der Waals surface area contributed by atoms with Gasteiger partial charge in [0.2, 0.25) is 28.6 Å². The van der Waals surface area contributed by atoms with Crippen molar-refractivity contribution in [3.05, 3.63) is 53.8 Å². The van der Waals surface area contributed by atoms with E-state index >= 15 is 0 Å². The van der Waals surface area contributed by atoms with E-state index in [4.69, 9.17) is 9.47 Å². The van der Waals surface area contributed by atoms with Crippen LogP contribution in [0, 0.1) is 5.82 Å². The monoisotopic (exact) mass is 521 g/mol. The van der Waals surface area contributed by atoms with E-state index in [1.54, 1.807) is 43.3 Å². The van der Waals surface area contributed by atoms with Crippen molar-refractivity contribution in [3.8, 4) is 11.5 Å². The number of ether oxygens (including phenoxy) is 2. The van der Waals surface area contributed by atoms with E-state index in [0.717, 1.165) is 6.26 Å². The number of halogens is 1. The number of fused-ring (bicyclic) bond motifs is 1. The van der Waals surface area contributed by atoms with Crippen molar-refractivity contribution in [2.45, 2.75) is 52.2 Å². The molecule has 2 aromatic carbocycles. The normalized spacial score (nSPS) is 13.4. The van der Waals surface area contributed by atoms with Crippen LogP contribution in [0.3, 0.4) is 0 Å². The molecule has 36 heavy (non-hydrogen) atoms. The Morgan fingerprint density at radius 1 is 1.08 bits per heavy atom. The molecule has 1 aliphatic rings. The second kappa shape index (κ2) is 11.6. The maximum atomic E-state index is 14.3. The van der Waals surface area contributed by atoms with Gasteiger partial charge in [0.25, 0.3) is 0 Å². The number of rotatable bonds is 11. The van der Waals surface area contributed by atoms with Crippen molar-refractivity contribution in [2.24, 2.45) is 0 Å². The number of hydrogen-bond acceptors (Lipinski definition) is 6. The smallest absolute Gasteiger partial charge is 0.242 e. The number of benzene rings is 2. The van der Waals surface area contributed by atoms with Crippen molar-refractivity contribution in [1.82, 2.24) is 10.2 Å². The molecule has 2 aromatic rings. The fourth-order valence-electron chi connectivity index (χ4n) is 3.84. The zero-order valence-corrected chi connectivity index (χ0v) is 21.7. The average molecular weight is 522 g/mol. The largest absolute Gasteiger partial charge is 0.454 e. The van der Waals surface area contributed by atoms with Crippen LogP contribution in [0.25, 0.3) is 0 Å². The molecule has 0 fully saturated rings. The van der Waals surface area contributed by atoms with Crippen molar-refractivity contribution < 1.29 is 31.9 Å². The van der Waals surface area contributed by atoms with Crippen LogP contribution in [0.5, 0.6) is 11.5 Å². The second-order valence-electron chi connectivity index (χ2n) is 8.93. The highest BCUT2D eigenvalue weighted by molar-refractivity contribution is 7.92. The Kier molecular flexibility index (Phi) is 8.78. The van der Waals surface area contributed by atoms with Gasteiger partial charge in [-0.2, -0.15) is 0 Å². The number of amides is 2. The number of nitrogens with zero attached hydrogens (tertiary/aromatic N) is 2. The lowest BCUT2D eigenvalue weighted by Gasteiger charge is -2.30. The minimum atomic E-state index is -3.65. The molecular weight excluding hydrogens is 489 g/mol. The molecule has 1 atom stereocenters. The molecule has 0 saturated heterocycles. The topological polar surface area (TPSA) is 105 Å². The summed E-state index contributed by atoms with van der Waals surface area (Å²) in [5, 5.41) is 2.78. The van der Waals surface area contributed by atoms with Gasteiger partial charge in [0.05, 0.1) is 11.9 Å². The first-order chi connectivity index (χ1) is 17.0. The Hall–Kier alpha value is -3.34. The van der Waals surface area contributed by atoms with Crippen molar-refractivity contribution in [3.63, 3.8) is 0 Å². The minimum Gasteiger partial charge on any atom is -0.454 e. The van der Waals surface area contributed by atoms with Gasteiger partial charge in [-0.05, 0) is 45.4 Å². The van der Waals surface area contributed by atoms with Gasteiger partial charge >= 0.3 is 0 Å². The highest BCUT2D eigenvalue weighted by Gasteiger charge is 2.28. The molecular formula is C25H32FN3O6S. The van der Waals surface area contributed by atoms with Crippen LogP contribution in [0.2, 0.25) is 0 Å². The van der Waals surface area contributed by atoms with Crippen LogP contribution in [0.4, 0.5) is 10.1 Å². The van der Waals surface area contributed by atoms with E-state index in [1.165, 1.54) is 15.3 Å². The van der Waals surface area contributed by atoms with Crippen LogP contribution in [-0.4, -0.2) is 56.8 Å². The van der Waals surface area contributed by atoms with Crippen molar-refractivity contribution in [2.75, 3.05) is 23.9 Å². The minimum absolute atomic E-state index is 0.0321. The molecule has 2 amide bonds. The molecule has 1 N–H and O–H groups in total. The third-order valence-corrected chi connectivity index (χ3v) is 6.89. The van der Waals surface area contributed by atoms with E-state index < -0.39 is 21.9 Å². The Morgan fingerprint density at radius 3 is 2.44 bits per heavy atom. The molecule has 1 unspecified atom stereocenters. The first kappa shape index (κ1) is 27.3. The molecule has 3 rings (SSSR count). The molecule has 0 bridgehead atoms. The zero-order chi connectivity index (χ0) is 26.5. The third kappa shape index (κ3) is 6.87. The lowest BCUT2D eigenvalue weighted by atomic mass is 10.1. The second-order valence-corrected chi connectivity index (χ2v) is 10.8. The van der Waals surface area contributed by atoms with Gasteiger partial charge in [-0.3, -0.25) is 13.9 Å². The number of sulfonamides is 1. The highest BCUT2D eigenvalue weighted by Crippen LogP contribution is 2.36. The predicted molar refractivity (Wildman–Crippen MR) is 134 cm³/mol. The molecule has 0 saturated carbocycles. The summed E-state index contributed by atoms with van der Waals surface area (Å²) in [6.45, 7) is 5.21. The third-order valence-electron chi connectivity index (χ3n) is 5.69. The zero-order valence-electron chi connectivity index (χ0n) is 20.9. The lowest BCUT2D eigenvalue weighted by Crippen LogP contribution is -2.49. The Balaban J connectivity index is 1.74. The number of hydrogen-bond donors (Lipinski definition) is 1. The van der Waals surface area contributed by atoms with Crippen LogP contribution in [-0.2, 0) is 26.2 Å². The summed E-state index contributed by atoms with van der Waals surface area (Å²) < 4.78 is 51.1. The van der Waals surface area contributed by atoms with Gasteiger partial charge in [-0.1, -0.05) is 18.2 Å². The number of carbonyl (C=O) groups excluding carboxylic acids is 2. The lowest BCUT2D eigenvalue weighted by molar-refractivity contribution is -0.140. The SMILES string of the molecule is CC(C)NC(=O)C(C)N(Cc1ccccc1F)C(=O)CCCN(c1ccc2c(c1)OCO2)S(C)(=O)=O. The molecule has 0 radical (unpaired) electrons. The number of carbonyl (C=O) groups is 2. The first-order valence-electron chi connectivity index (χ1n) is 11.7. The fourth-order valence-corrected chi connectivity index (χ4v) is 4.80. The van der Waals surface area contributed by atoms with Gasteiger partial charge in [0.1, 0.15) is 11.9 Å². The van der Waals surface area contributed by atoms with E-state index in [-0.39, 0.29) is 56.1 Å². The van der Waals surface area contributed by atoms with Gasteiger partial charge in [0.15, 0.2) is 11.5 Å². The average Bonchev–Trinajstić information content (AvgIpc) is 3.27. The number of anilines is 1. The summed E-state index contributed by atoms with van der Waals surface area (Å²) in [4.78, 5) is 27.2. The Bertz CT molecular complexity index is 1200. The molecule has 9 nitrogen and oxygen atoms in total. The fraction of sp³-hybridized carbons (Fsp3) is 0.440. The van der Waals surface area contributed by atoms with Gasteiger partial charge in [-0.15, -0.1) is 0 Å². The van der Waals surface area contributed by atoms with E-state index in [9.17, 15) is 22.4 Å². The van der Waals surface area contributed by atoms with Crippen LogP contribution in [0.15, 0.2) is 42.5 Å². The predicted octanol–water partition coefficient (Wildman–Crippen LogP) is 3.04. The molecule has 0 spiro atoms.